The maximum atomic E-state index is 13.0. The van der Waals surface area contributed by atoms with Crippen molar-refractivity contribution in [3.8, 4) is 23.4 Å². The SMILES string of the molecule is COc1cccc2c(C)cc(-n3ncc(C#N)c3NC(=O)c3ccc(OCC(C)C)cc3)nc12. The molecule has 172 valence electrons. The van der Waals surface area contributed by atoms with Gasteiger partial charge in [0.25, 0.3) is 5.91 Å². The Kier molecular flexibility index (Phi) is 6.46. The van der Waals surface area contributed by atoms with Crippen molar-refractivity contribution >= 4 is 22.6 Å². The van der Waals surface area contributed by atoms with Gasteiger partial charge in [-0.05, 0) is 54.8 Å². The van der Waals surface area contributed by atoms with Crippen LogP contribution in [0.2, 0.25) is 0 Å². The van der Waals surface area contributed by atoms with Crippen LogP contribution in [0.15, 0.2) is 54.7 Å². The summed E-state index contributed by atoms with van der Waals surface area (Å²) >= 11 is 0. The number of amides is 1. The number of hydrogen-bond donors (Lipinski definition) is 1. The Labute approximate surface area is 197 Å². The molecule has 0 unspecified atom stereocenters. The normalized spacial score (nSPS) is 10.8. The number of carbonyl (C=O) groups is 1. The van der Waals surface area contributed by atoms with Gasteiger partial charge in [-0.1, -0.05) is 26.0 Å². The fraction of sp³-hybridized carbons (Fsp3) is 0.231. The van der Waals surface area contributed by atoms with Crippen LogP contribution in [0.1, 0.15) is 35.3 Å². The number of nitrogens with one attached hydrogen (secondary N) is 1. The molecule has 0 aliphatic rings. The second-order valence-corrected chi connectivity index (χ2v) is 8.27. The number of carbonyl (C=O) groups excluding carboxylic acids is 1. The van der Waals surface area contributed by atoms with Gasteiger partial charge < -0.3 is 14.8 Å². The summed E-state index contributed by atoms with van der Waals surface area (Å²) in [6.07, 6.45) is 1.40. The molecule has 34 heavy (non-hydrogen) atoms. The van der Waals surface area contributed by atoms with Crippen molar-refractivity contribution in [3.05, 3.63) is 71.4 Å². The zero-order chi connectivity index (χ0) is 24.2. The minimum atomic E-state index is -0.372. The number of hydrogen-bond acceptors (Lipinski definition) is 6. The zero-order valence-corrected chi connectivity index (χ0v) is 19.5. The van der Waals surface area contributed by atoms with Crippen molar-refractivity contribution in [1.82, 2.24) is 14.8 Å². The molecule has 0 aliphatic heterocycles. The number of fused-ring (bicyclic) bond motifs is 1. The van der Waals surface area contributed by atoms with Gasteiger partial charge in [0.1, 0.15) is 28.6 Å². The van der Waals surface area contributed by atoms with Gasteiger partial charge in [-0.15, -0.1) is 0 Å². The summed E-state index contributed by atoms with van der Waals surface area (Å²) in [4.78, 5) is 17.7. The molecule has 0 spiro atoms. The second kappa shape index (κ2) is 9.63. The van der Waals surface area contributed by atoms with Gasteiger partial charge >= 0.3 is 0 Å². The third-order valence-electron chi connectivity index (χ3n) is 5.25. The van der Waals surface area contributed by atoms with Crippen LogP contribution in [-0.2, 0) is 0 Å². The van der Waals surface area contributed by atoms with Gasteiger partial charge in [0.2, 0.25) is 0 Å². The van der Waals surface area contributed by atoms with E-state index >= 15 is 0 Å². The fourth-order valence-corrected chi connectivity index (χ4v) is 3.52. The second-order valence-electron chi connectivity index (χ2n) is 8.27. The van der Waals surface area contributed by atoms with Gasteiger partial charge in [-0.3, -0.25) is 4.79 Å². The Morgan fingerprint density at radius 1 is 1.21 bits per heavy atom. The zero-order valence-electron chi connectivity index (χ0n) is 19.5. The van der Waals surface area contributed by atoms with Crippen molar-refractivity contribution in [3.63, 3.8) is 0 Å². The lowest BCUT2D eigenvalue weighted by molar-refractivity contribution is 0.102. The molecule has 0 radical (unpaired) electrons. The number of aryl methyl sites for hydroxylation is 1. The molecule has 1 N–H and O–H groups in total. The van der Waals surface area contributed by atoms with E-state index in [1.54, 1.807) is 31.4 Å². The monoisotopic (exact) mass is 455 g/mol. The number of nitriles is 1. The molecule has 2 aromatic carbocycles. The molecule has 0 fully saturated rings. The molecule has 0 atom stereocenters. The topological polar surface area (TPSA) is 102 Å². The molecule has 0 saturated heterocycles. The number of benzene rings is 2. The molecular formula is C26H25N5O3. The molecule has 1 amide bonds. The highest BCUT2D eigenvalue weighted by molar-refractivity contribution is 6.04. The molecule has 0 aliphatic carbocycles. The Morgan fingerprint density at radius 3 is 2.65 bits per heavy atom. The quantitative estimate of drug-likeness (QED) is 0.425. The molecular weight excluding hydrogens is 430 g/mol. The van der Waals surface area contributed by atoms with E-state index in [-0.39, 0.29) is 17.3 Å². The van der Waals surface area contributed by atoms with Crippen molar-refractivity contribution in [2.24, 2.45) is 5.92 Å². The molecule has 2 aromatic heterocycles. The standard InChI is InChI=1S/C26H25N5O3/c1-16(2)15-34-20-10-8-18(9-11-20)26(32)30-25-19(13-27)14-28-31(25)23-12-17(3)21-6-5-7-22(33-4)24(21)29-23/h5-12,14,16H,15H2,1-4H3,(H,30,32). The Morgan fingerprint density at radius 2 is 1.97 bits per heavy atom. The molecule has 8 nitrogen and oxygen atoms in total. The Hall–Kier alpha value is -4.38. The number of ether oxygens (including phenoxy) is 2. The van der Waals surface area contributed by atoms with Gasteiger partial charge in [-0.25, -0.2) is 4.98 Å². The van der Waals surface area contributed by atoms with Crippen LogP contribution in [0, 0.1) is 24.2 Å². The first kappa shape index (κ1) is 22.8. The van der Waals surface area contributed by atoms with E-state index in [1.165, 1.54) is 10.9 Å². The van der Waals surface area contributed by atoms with E-state index in [1.807, 2.05) is 31.2 Å². The van der Waals surface area contributed by atoms with Crippen LogP contribution >= 0.6 is 0 Å². The summed E-state index contributed by atoms with van der Waals surface area (Å²) in [6.45, 7) is 6.70. The molecule has 4 aromatic rings. The maximum absolute atomic E-state index is 13.0. The van der Waals surface area contributed by atoms with Crippen molar-refractivity contribution < 1.29 is 14.3 Å². The Bertz CT molecular complexity index is 1380. The first-order valence-corrected chi connectivity index (χ1v) is 10.9. The fourth-order valence-electron chi connectivity index (χ4n) is 3.52. The first-order chi connectivity index (χ1) is 16.4. The van der Waals surface area contributed by atoms with Crippen molar-refractivity contribution in [2.75, 3.05) is 19.0 Å². The van der Waals surface area contributed by atoms with E-state index in [9.17, 15) is 10.1 Å². The minimum absolute atomic E-state index is 0.227. The average molecular weight is 456 g/mol. The van der Waals surface area contributed by atoms with Crippen molar-refractivity contribution in [2.45, 2.75) is 20.8 Å². The van der Waals surface area contributed by atoms with Crippen LogP contribution in [-0.4, -0.2) is 34.4 Å². The summed E-state index contributed by atoms with van der Waals surface area (Å²) in [5, 5.41) is 17.7. The van der Waals surface area contributed by atoms with Crippen LogP contribution in [0.25, 0.3) is 16.7 Å². The summed E-state index contributed by atoms with van der Waals surface area (Å²) in [5.74, 6) is 2.06. The summed E-state index contributed by atoms with van der Waals surface area (Å²) < 4.78 is 12.6. The minimum Gasteiger partial charge on any atom is -0.494 e. The molecule has 0 bridgehead atoms. The number of methoxy groups -OCH3 is 1. The average Bonchev–Trinajstić information content (AvgIpc) is 3.25. The number of pyridine rings is 1. The van der Waals surface area contributed by atoms with Gasteiger partial charge in [0.05, 0.1) is 19.9 Å². The van der Waals surface area contributed by atoms with E-state index in [0.29, 0.717) is 40.9 Å². The highest BCUT2D eigenvalue weighted by Gasteiger charge is 2.18. The number of anilines is 1. The van der Waals surface area contributed by atoms with E-state index in [2.05, 4.69) is 30.3 Å². The smallest absolute Gasteiger partial charge is 0.256 e. The van der Waals surface area contributed by atoms with Gasteiger partial charge in [-0.2, -0.15) is 15.0 Å². The van der Waals surface area contributed by atoms with Crippen LogP contribution in [0.4, 0.5) is 5.82 Å². The van der Waals surface area contributed by atoms with E-state index < -0.39 is 0 Å². The number of aromatic nitrogens is 3. The summed E-state index contributed by atoms with van der Waals surface area (Å²) in [5.41, 5.74) is 2.29. The third-order valence-corrected chi connectivity index (χ3v) is 5.25. The largest absolute Gasteiger partial charge is 0.494 e. The van der Waals surface area contributed by atoms with Crippen LogP contribution in [0.5, 0.6) is 11.5 Å². The van der Waals surface area contributed by atoms with E-state index in [0.717, 1.165) is 10.9 Å². The summed E-state index contributed by atoms with van der Waals surface area (Å²) in [7, 11) is 1.59. The van der Waals surface area contributed by atoms with Gasteiger partial charge in [0, 0.05) is 10.9 Å². The third kappa shape index (κ3) is 4.55. The predicted molar refractivity (Wildman–Crippen MR) is 130 cm³/mol. The maximum Gasteiger partial charge on any atom is 0.256 e. The number of nitrogens with zero attached hydrogens (tertiary/aromatic N) is 4. The van der Waals surface area contributed by atoms with Crippen LogP contribution < -0.4 is 14.8 Å². The first-order valence-electron chi connectivity index (χ1n) is 10.9. The summed E-state index contributed by atoms with van der Waals surface area (Å²) in [6, 6.07) is 16.5. The molecule has 4 rings (SSSR count). The lowest BCUT2D eigenvalue weighted by atomic mass is 10.1. The highest BCUT2D eigenvalue weighted by atomic mass is 16.5. The van der Waals surface area contributed by atoms with Crippen LogP contribution in [0.3, 0.4) is 0 Å². The molecule has 0 saturated carbocycles. The van der Waals surface area contributed by atoms with E-state index in [4.69, 9.17) is 14.5 Å². The lowest BCUT2D eigenvalue weighted by Crippen LogP contribution is -2.16. The molecule has 8 heteroatoms. The number of para-hydroxylation sites is 1. The highest BCUT2D eigenvalue weighted by Crippen LogP contribution is 2.29. The lowest BCUT2D eigenvalue weighted by Gasteiger charge is -2.13. The Balaban J connectivity index is 1.67. The van der Waals surface area contributed by atoms with Gasteiger partial charge in [0.15, 0.2) is 11.6 Å². The predicted octanol–water partition coefficient (Wildman–Crippen LogP) is 4.90. The molecule has 2 heterocycles. The van der Waals surface area contributed by atoms with Crippen molar-refractivity contribution in [1.29, 1.82) is 5.26 Å². The number of rotatable bonds is 7.